The van der Waals surface area contributed by atoms with Crippen LogP contribution in [0.4, 0.5) is 5.69 Å². The van der Waals surface area contributed by atoms with Gasteiger partial charge >= 0.3 is 0 Å². The number of rotatable bonds is 6. The van der Waals surface area contributed by atoms with Crippen LogP contribution in [0.25, 0.3) is 22.0 Å². The van der Waals surface area contributed by atoms with Crippen LogP contribution in [0.5, 0.6) is 0 Å². The number of aryl methyl sites for hydroxylation is 1. The molecule has 5 heteroatoms. The van der Waals surface area contributed by atoms with E-state index < -0.39 is 0 Å². The molecule has 4 heterocycles. The largest absolute Gasteiger partial charge is 0.313 e. The molecule has 0 atom stereocenters. The van der Waals surface area contributed by atoms with Crippen LogP contribution in [0.3, 0.4) is 0 Å². The second kappa shape index (κ2) is 8.77. The highest BCUT2D eigenvalue weighted by molar-refractivity contribution is 6.13. The van der Waals surface area contributed by atoms with Gasteiger partial charge in [0.15, 0.2) is 0 Å². The Labute approximate surface area is 202 Å². The Balaban J connectivity index is 1.20. The number of likely N-dealkylation sites (tertiary alicyclic amines) is 1. The van der Waals surface area contributed by atoms with E-state index in [1.165, 1.54) is 63.0 Å². The Morgan fingerprint density at radius 2 is 1.74 bits per heavy atom. The molecule has 3 aliphatic rings. The molecule has 0 N–H and O–H groups in total. The molecule has 3 aromatic rings. The van der Waals surface area contributed by atoms with Crippen molar-refractivity contribution in [3.8, 4) is 11.1 Å². The molecule has 1 amide bonds. The van der Waals surface area contributed by atoms with Crippen molar-refractivity contribution in [2.75, 3.05) is 31.6 Å². The van der Waals surface area contributed by atoms with Crippen LogP contribution in [0.2, 0.25) is 0 Å². The SMILES string of the molecule is CN1C(=O)C2(CCC2)c2c1cnc1ccc(-c3ccc(CCCCN4CCCCC4)nc3)cc21. The number of benzene rings is 1. The summed E-state index contributed by atoms with van der Waals surface area (Å²) in [6, 6.07) is 10.8. The second-order valence-electron chi connectivity index (χ2n) is 10.4. The fraction of sp³-hybridized carbons (Fsp3) is 0.483. The number of hydrogen-bond donors (Lipinski definition) is 0. The Bertz CT molecular complexity index is 1210. The number of unbranched alkanes of at least 4 members (excludes halogenated alkanes) is 1. The molecule has 0 unspecified atom stereocenters. The van der Waals surface area contributed by atoms with E-state index in [-0.39, 0.29) is 11.3 Å². The summed E-state index contributed by atoms with van der Waals surface area (Å²) in [4.78, 5) is 27.0. The molecule has 2 fully saturated rings. The average molecular weight is 455 g/mol. The number of anilines is 1. The lowest BCUT2D eigenvalue weighted by molar-refractivity contribution is -0.125. The van der Waals surface area contributed by atoms with Gasteiger partial charge in [-0.15, -0.1) is 0 Å². The van der Waals surface area contributed by atoms with Crippen LogP contribution < -0.4 is 4.90 Å². The molecule has 0 bridgehead atoms. The zero-order valence-electron chi connectivity index (χ0n) is 20.2. The van der Waals surface area contributed by atoms with Crippen molar-refractivity contribution in [3.63, 3.8) is 0 Å². The van der Waals surface area contributed by atoms with E-state index in [0.717, 1.165) is 53.4 Å². The fourth-order valence-corrected chi connectivity index (χ4v) is 6.22. The Hall–Kier alpha value is -2.79. The molecule has 176 valence electrons. The monoisotopic (exact) mass is 454 g/mol. The summed E-state index contributed by atoms with van der Waals surface area (Å²) in [7, 11) is 1.89. The van der Waals surface area contributed by atoms with Crippen molar-refractivity contribution < 1.29 is 4.79 Å². The molecule has 2 aromatic heterocycles. The molecule has 1 saturated heterocycles. The van der Waals surface area contributed by atoms with Gasteiger partial charge in [-0.25, -0.2) is 0 Å². The third-order valence-electron chi connectivity index (χ3n) is 8.37. The van der Waals surface area contributed by atoms with Crippen molar-refractivity contribution >= 4 is 22.5 Å². The first-order valence-corrected chi connectivity index (χ1v) is 13.0. The average Bonchev–Trinajstić information content (AvgIpc) is 3.10. The predicted octanol–water partition coefficient (Wildman–Crippen LogP) is 5.50. The van der Waals surface area contributed by atoms with Crippen molar-refractivity contribution in [1.29, 1.82) is 0 Å². The summed E-state index contributed by atoms with van der Waals surface area (Å²) in [5, 5.41) is 1.12. The number of likely N-dealkylation sites (N-methyl/N-ethyl adjacent to an activating group) is 1. The summed E-state index contributed by atoms with van der Waals surface area (Å²) in [5.74, 6) is 0.236. The van der Waals surface area contributed by atoms with Gasteiger partial charge in [-0.1, -0.05) is 25.0 Å². The number of carbonyl (C=O) groups is 1. The van der Waals surface area contributed by atoms with Gasteiger partial charge in [0.2, 0.25) is 5.91 Å². The fourth-order valence-electron chi connectivity index (χ4n) is 6.22. The maximum Gasteiger partial charge on any atom is 0.237 e. The standard InChI is InChI=1S/C29H34N4O/c1-32-26-20-31-25-12-10-21(18-24(25)27(26)29(28(32)34)13-7-14-29)22-9-11-23(30-19-22)8-3-6-17-33-15-4-2-5-16-33/h9-12,18-20H,2-8,13-17H2,1H3. The highest BCUT2D eigenvalue weighted by Gasteiger charge is 2.54. The number of amides is 1. The number of hydrogen-bond acceptors (Lipinski definition) is 4. The van der Waals surface area contributed by atoms with E-state index in [2.05, 4.69) is 40.2 Å². The molecular formula is C29H34N4O. The quantitative estimate of drug-likeness (QED) is 0.461. The first kappa shape index (κ1) is 21.7. The maximum atomic E-state index is 13.1. The van der Waals surface area contributed by atoms with Crippen molar-refractivity contribution in [1.82, 2.24) is 14.9 Å². The molecule has 34 heavy (non-hydrogen) atoms. The third-order valence-corrected chi connectivity index (χ3v) is 8.37. The summed E-state index contributed by atoms with van der Waals surface area (Å²) in [5.41, 5.74) is 6.24. The maximum absolute atomic E-state index is 13.1. The normalized spacial score (nSPS) is 19.6. The summed E-state index contributed by atoms with van der Waals surface area (Å²) in [6.07, 6.45) is 14.5. The summed E-state index contributed by atoms with van der Waals surface area (Å²) < 4.78 is 0. The van der Waals surface area contributed by atoms with Crippen LogP contribution in [0.15, 0.2) is 42.7 Å². The Morgan fingerprint density at radius 1 is 0.912 bits per heavy atom. The summed E-state index contributed by atoms with van der Waals surface area (Å²) in [6.45, 7) is 3.79. The van der Waals surface area contributed by atoms with Crippen molar-refractivity contribution in [2.45, 2.75) is 63.2 Å². The minimum atomic E-state index is -0.333. The number of nitrogens with zero attached hydrogens (tertiary/aromatic N) is 4. The summed E-state index contributed by atoms with van der Waals surface area (Å²) >= 11 is 0. The van der Waals surface area contributed by atoms with Crippen molar-refractivity contribution in [2.24, 2.45) is 0 Å². The molecule has 6 rings (SSSR count). The molecule has 1 aliphatic carbocycles. The van der Waals surface area contributed by atoms with Gasteiger partial charge in [-0.05, 0) is 88.3 Å². The van der Waals surface area contributed by atoms with Crippen LogP contribution in [-0.2, 0) is 16.6 Å². The van der Waals surface area contributed by atoms with Gasteiger partial charge < -0.3 is 9.80 Å². The van der Waals surface area contributed by atoms with E-state index in [9.17, 15) is 4.79 Å². The third kappa shape index (κ3) is 3.61. The lowest BCUT2D eigenvalue weighted by atomic mass is 9.64. The lowest BCUT2D eigenvalue weighted by Gasteiger charge is -2.37. The van der Waals surface area contributed by atoms with Crippen LogP contribution in [-0.4, -0.2) is 47.5 Å². The zero-order chi connectivity index (χ0) is 23.1. The second-order valence-corrected chi connectivity index (χ2v) is 10.4. The Morgan fingerprint density at radius 3 is 2.47 bits per heavy atom. The van der Waals surface area contributed by atoms with Crippen molar-refractivity contribution in [3.05, 3.63) is 54.0 Å². The van der Waals surface area contributed by atoms with Gasteiger partial charge in [-0.3, -0.25) is 14.8 Å². The highest BCUT2D eigenvalue weighted by Crippen LogP contribution is 2.55. The number of carbonyl (C=O) groups excluding carboxylic acids is 1. The first-order valence-electron chi connectivity index (χ1n) is 13.0. The van der Waals surface area contributed by atoms with E-state index >= 15 is 0 Å². The number of pyridine rings is 2. The molecular weight excluding hydrogens is 420 g/mol. The van der Waals surface area contributed by atoms with E-state index in [1.54, 1.807) is 0 Å². The first-order chi connectivity index (χ1) is 16.7. The van der Waals surface area contributed by atoms with Gasteiger partial charge in [0.25, 0.3) is 0 Å². The minimum absolute atomic E-state index is 0.236. The number of fused-ring (bicyclic) bond motifs is 4. The smallest absolute Gasteiger partial charge is 0.237 e. The van der Waals surface area contributed by atoms with Gasteiger partial charge in [-0.2, -0.15) is 0 Å². The topological polar surface area (TPSA) is 49.3 Å². The lowest BCUT2D eigenvalue weighted by Crippen LogP contribution is -2.43. The molecule has 1 saturated carbocycles. The van der Waals surface area contributed by atoms with Gasteiger partial charge in [0.1, 0.15) is 0 Å². The molecule has 5 nitrogen and oxygen atoms in total. The van der Waals surface area contributed by atoms with Crippen LogP contribution >= 0.6 is 0 Å². The van der Waals surface area contributed by atoms with Crippen LogP contribution in [0.1, 0.15) is 62.6 Å². The number of piperidine rings is 1. The molecule has 0 radical (unpaired) electrons. The van der Waals surface area contributed by atoms with E-state index in [4.69, 9.17) is 4.98 Å². The minimum Gasteiger partial charge on any atom is -0.313 e. The zero-order valence-corrected chi connectivity index (χ0v) is 20.2. The van der Waals surface area contributed by atoms with Gasteiger partial charge in [0, 0.05) is 35.5 Å². The van der Waals surface area contributed by atoms with E-state index in [1.807, 2.05) is 24.3 Å². The van der Waals surface area contributed by atoms with Gasteiger partial charge in [0.05, 0.1) is 22.8 Å². The van der Waals surface area contributed by atoms with E-state index in [0.29, 0.717) is 0 Å². The highest BCUT2D eigenvalue weighted by atomic mass is 16.2. The number of aromatic nitrogens is 2. The molecule has 1 spiro atoms. The molecule has 2 aliphatic heterocycles. The molecule has 1 aromatic carbocycles. The van der Waals surface area contributed by atoms with Crippen LogP contribution in [0, 0.1) is 0 Å². The predicted molar refractivity (Wildman–Crippen MR) is 137 cm³/mol. The Kier molecular flexibility index (Phi) is 5.60.